The van der Waals surface area contributed by atoms with Crippen molar-refractivity contribution in [1.29, 1.82) is 0 Å². The lowest BCUT2D eigenvalue weighted by atomic mass is 10.2. The van der Waals surface area contributed by atoms with Gasteiger partial charge in [0.15, 0.2) is 6.10 Å². The van der Waals surface area contributed by atoms with Gasteiger partial charge < -0.3 is 14.8 Å². The van der Waals surface area contributed by atoms with Crippen LogP contribution in [0.5, 0.6) is 5.75 Å². The lowest BCUT2D eigenvalue weighted by molar-refractivity contribution is -0.152. The summed E-state index contributed by atoms with van der Waals surface area (Å²) in [4.78, 5) is 39.2. The van der Waals surface area contributed by atoms with Crippen LogP contribution in [-0.4, -0.2) is 43.3 Å². The summed E-state index contributed by atoms with van der Waals surface area (Å²) in [7, 11) is 1.50. The molecule has 0 radical (unpaired) electrons. The van der Waals surface area contributed by atoms with E-state index in [9.17, 15) is 14.4 Å². The van der Waals surface area contributed by atoms with Crippen LogP contribution in [0.2, 0.25) is 0 Å². The van der Waals surface area contributed by atoms with Crippen LogP contribution in [0.15, 0.2) is 53.4 Å². The van der Waals surface area contributed by atoms with Crippen molar-refractivity contribution < 1.29 is 23.9 Å². The summed E-state index contributed by atoms with van der Waals surface area (Å²) in [5.74, 6) is -0.556. The van der Waals surface area contributed by atoms with Crippen LogP contribution in [0.3, 0.4) is 0 Å². The Morgan fingerprint density at radius 3 is 2.68 bits per heavy atom. The number of para-hydroxylation sites is 3. The fraction of sp³-hybridized carbons (Fsp3) is 0.250. The fourth-order valence-corrected chi connectivity index (χ4v) is 3.66. The smallest absolute Gasteiger partial charge is 0.326 e. The van der Waals surface area contributed by atoms with E-state index in [1.165, 1.54) is 30.7 Å². The summed E-state index contributed by atoms with van der Waals surface area (Å²) < 4.78 is 10.4. The summed E-state index contributed by atoms with van der Waals surface area (Å²) >= 11 is 1.43. The van der Waals surface area contributed by atoms with Crippen molar-refractivity contribution >= 4 is 40.9 Å². The molecule has 2 aromatic rings. The van der Waals surface area contributed by atoms with Crippen molar-refractivity contribution in [1.82, 2.24) is 0 Å². The first-order valence-electron chi connectivity index (χ1n) is 8.65. The number of thioether (sulfide) groups is 1. The molecule has 0 saturated heterocycles. The third-order valence-corrected chi connectivity index (χ3v) is 5.19. The molecule has 0 saturated carbocycles. The molecule has 0 unspecified atom stereocenters. The van der Waals surface area contributed by atoms with E-state index in [0.29, 0.717) is 17.1 Å². The van der Waals surface area contributed by atoms with Gasteiger partial charge in [-0.3, -0.25) is 19.3 Å². The summed E-state index contributed by atoms with van der Waals surface area (Å²) in [6.45, 7) is 1.23. The number of esters is 1. The number of benzene rings is 2. The molecule has 0 aromatic heterocycles. The Labute approximate surface area is 167 Å². The zero-order valence-electron chi connectivity index (χ0n) is 15.5. The van der Waals surface area contributed by atoms with E-state index in [1.54, 1.807) is 36.4 Å². The molecule has 7 nitrogen and oxygen atoms in total. The Hall–Kier alpha value is -3.00. The zero-order valence-corrected chi connectivity index (χ0v) is 16.3. The third-order valence-electron chi connectivity index (χ3n) is 4.14. The van der Waals surface area contributed by atoms with Gasteiger partial charge in [-0.05, 0) is 31.2 Å². The molecule has 1 aliphatic heterocycles. The standard InChI is InChI=1S/C20H20N2O5S/c1-13(20(25)21-14-7-3-5-9-16(14)26-2)27-19(24)11-22-15-8-4-6-10-17(15)28-12-18(22)23/h3-10,13H,11-12H2,1-2H3,(H,21,25)/t13-/m1/s1. The minimum absolute atomic E-state index is 0.174. The molecule has 1 aliphatic rings. The van der Waals surface area contributed by atoms with Crippen molar-refractivity contribution in [3.63, 3.8) is 0 Å². The number of carbonyl (C=O) groups is 3. The van der Waals surface area contributed by atoms with Gasteiger partial charge >= 0.3 is 5.97 Å². The molecule has 1 N–H and O–H groups in total. The Bertz CT molecular complexity index is 902. The van der Waals surface area contributed by atoms with Crippen molar-refractivity contribution in [2.75, 3.05) is 29.6 Å². The highest BCUT2D eigenvalue weighted by molar-refractivity contribution is 8.00. The molecule has 3 rings (SSSR count). The molecule has 8 heteroatoms. The van der Waals surface area contributed by atoms with Crippen LogP contribution < -0.4 is 15.0 Å². The molecular formula is C20H20N2O5S. The number of amides is 2. The number of hydrogen-bond acceptors (Lipinski definition) is 6. The molecule has 1 atom stereocenters. The third kappa shape index (κ3) is 4.45. The van der Waals surface area contributed by atoms with Crippen LogP contribution in [0.1, 0.15) is 6.92 Å². The first-order chi connectivity index (χ1) is 13.5. The van der Waals surface area contributed by atoms with E-state index in [-0.39, 0.29) is 18.2 Å². The van der Waals surface area contributed by atoms with Gasteiger partial charge in [0.25, 0.3) is 5.91 Å². The quantitative estimate of drug-likeness (QED) is 0.751. The van der Waals surface area contributed by atoms with Gasteiger partial charge in [-0.1, -0.05) is 24.3 Å². The van der Waals surface area contributed by atoms with E-state index in [4.69, 9.17) is 9.47 Å². The minimum Gasteiger partial charge on any atom is -0.495 e. The number of rotatable bonds is 6. The SMILES string of the molecule is COc1ccccc1NC(=O)[C@@H](C)OC(=O)CN1C(=O)CSc2ccccc21. The summed E-state index contributed by atoms with van der Waals surface area (Å²) in [6.07, 6.45) is -1.03. The normalized spacial score (nSPS) is 14.1. The van der Waals surface area contributed by atoms with Gasteiger partial charge in [-0.15, -0.1) is 11.8 Å². The second kappa shape index (κ2) is 8.79. The molecule has 2 amide bonds. The van der Waals surface area contributed by atoms with E-state index >= 15 is 0 Å². The van der Waals surface area contributed by atoms with Crippen LogP contribution >= 0.6 is 11.8 Å². The van der Waals surface area contributed by atoms with Crippen LogP contribution in [0.4, 0.5) is 11.4 Å². The Morgan fingerprint density at radius 1 is 1.18 bits per heavy atom. The topological polar surface area (TPSA) is 84.9 Å². The van der Waals surface area contributed by atoms with Crippen molar-refractivity contribution in [3.8, 4) is 5.75 Å². The van der Waals surface area contributed by atoms with Gasteiger partial charge in [-0.25, -0.2) is 0 Å². The van der Waals surface area contributed by atoms with Crippen molar-refractivity contribution in [3.05, 3.63) is 48.5 Å². The summed E-state index contributed by atoms with van der Waals surface area (Å²) in [6, 6.07) is 14.3. The number of fused-ring (bicyclic) bond motifs is 1. The Morgan fingerprint density at radius 2 is 1.89 bits per heavy atom. The van der Waals surface area contributed by atoms with Crippen LogP contribution in [-0.2, 0) is 19.1 Å². The average molecular weight is 400 g/mol. The number of anilines is 2. The van der Waals surface area contributed by atoms with Crippen molar-refractivity contribution in [2.45, 2.75) is 17.9 Å². The molecule has 1 heterocycles. The molecule has 28 heavy (non-hydrogen) atoms. The van der Waals surface area contributed by atoms with E-state index in [2.05, 4.69) is 5.32 Å². The highest BCUT2D eigenvalue weighted by atomic mass is 32.2. The molecule has 0 fully saturated rings. The van der Waals surface area contributed by atoms with Gasteiger partial charge in [0.05, 0.1) is 24.2 Å². The summed E-state index contributed by atoms with van der Waals surface area (Å²) in [5.41, 5.74) is 1.15. The maximum Gasteiger partial charge on any atom is 0.326 e. The number of methoxy groups -OCH3 is 1. The summed E-state index contributed by atoms with van der Waals surface area (Å²) in [5, 5.41) is 2.67. The number of hydrogen-bond donors (Lipinski definition) is 1. The number of ether oxygens (including phenoxy) is 2. The van der Waals surface area contributed by atoms with Gasteiger partial charge in [0.1, 0.15) is 12.3 Å². The molecular weight excluding hydrogens is 380 g/mol. The lowest BCUT2D eigenvalue weighted by Crippen LogP contribution is -2.41. The number of nitrogens with zero attached hydrogens (tertiary/aromatic N) is 1. The average Bonchev–Trinajstić information content (AvgIpc) is 2.70. The second-order valence-electron chi connectivity index (χ2n) is 6.06. The minimum atomic E-state index is -1.03. The van der Waals surface area contributed by atoms with Crippen LogP contribution in [0.25, 0.3) is 0 Å². The van der Waals surface area contributed by atoms with E-state index in [0.717, 1.165) is 4.90 Å². The monoisotopic (exact) mass is 400 g/mol. The lowest BCUT2D eigenvalue weighted by Gasteiger charge is -2.28. The molecule has 0 spiro atoms. The molecule has 2 aromatic carbocycles. The first-order valence-corrected chi connectivity index (χ1v) is 9.63. The maximum absolute atomic E-state index is 12.3. The highest BCUT2D eigenvalue weighted by Gasteiger charge is 2.28. The molecule has 0 aliphatic carbocycles. The Balaban J connectivity index is 1.61. The highest BCUT2D eigenvalue weighted by Crippen LogP contribution is 2.34. The largest absolute Gasteiger partial charge is 0.495 e. The number of carbonyl (C=O) groups excluding carboxylic acids is 3. The fourth-order valence-electron chi connectivity index (χ4n) is 2.73. The number of nitrogens with one attached hydrogen (secondary N) is 1. The van der Waals surface area contributed by atoms with Gasteiger partial charge in [0, 0.05) is 4.90 Å². The predicted molar refractivity (Wildman–Crippen MR) is 107 cm³/mol. The van der Waals surface area contributed by atoms with E-state index < -0.39 is 18.0 Å². The molecule has 0 bridgehead atoms. The predicted octanol–water partition coefficient (Wildman–Crippen LogP) is 2.70. The van der Waals surface area contributed by atoms with Crippen molar-refractivity contribution in [2.24, 2.45) is 0 Å². The van der Waals surface area contributed by atoms with E-state index in [1.807, 2.05) is 12.1 Å². The zero-order chi connectivity index (χ0) is 20.1. The Kier molecular flexibility index (Phi) is 6.20. The first kappa shape index (κ1) is 19.8. The van der Waals surface area contributed by atoms with Gasteiger partial charge in [0.2, 0.25) is 5.91 Å². The molecule has 146 valence electrons. The van der Waals surface area contributed by atoms with Crippen LogP contribution in [0, 0.1) is 0 Å². The maximum atomic E-state index is 12.3. The second-order valence-corrected chi connectivity index (χ2v) is 7.08. The van der Waals surface area contributed by atoms with Gasteiger partial charge in [-0.2, -0.15) is 0 Å².